The predicted octanol–water partition coefficient (Wildman–Crippen LogP) is 1.81. The number of ether oxygens (including phenoxy) is 1. The second-order valence-electron chi connectivity index (χ2n) is 2.64. The van der Waals surface area contributed by atoms with Crippen molar-refractivity contribution in [2.75, 3.05) is 14.2 Å². The molecule has 1 rings (SSSR count). The molecule has 0 aliphatic rings. The molecule has 4 nitrogen and oxygen atoms in total. The Balaban J connectivity index is 2.90. The van der Waals surface area contributed by atoms with Gasteiger partial charge in [0.15, 0.2) is 0 Å². The maximum atomic E-state index is 9.58. The largest absolute Gasteiger partial charge is 0.507 e. The molecule has 0 spiro atoms. The zero-order valence-electron chi connectivity index (χ0n) is 8.00. The van der Waals surface area contributed by atoms with E-state index in [0.717, 1.165) is 10.0 Å². The molecule has 0 heterocycles. The highest BCUT2D eigenvalue weighted by Crippen LogP contribution is 2.31. The molecule has 0 aromatic heterocycles. The van der Waals surface area contributed by atoms with Gasteiger partial charge in [0.2, 0.25) is 0 Å². The lowest BCUT2D eigenvalue weighted by Crippen LogP contribution is -2.10. The minimum Gasteiger partial charge on any atom is -0.507 e. The molecule has 14 heavy (non-hydrogen) atoms. The Morgan fingerprint density at radius 2 is 2.14 bits per heavy atom. The number of nitrogens with one attached hydrogen (secondary N) is 1. The van der Waals surface area contributed by atoms with Crippen molar-refractivity contribution < 1.29 is 14.7 Å². The highest BCUT2D eigenvalue weighted by Gasteiger charge is 2.07. The fraction of sp³-hybridized carbons (Fsp3) is 0.333. The molecule has 78 valence electrons. The molecule has 1 aromatic rings. The summed E-state index contributed by atoms with van der Waals surface area (Å²) in [5, 5.41) is 9.58. The average molecular weight is 262 g/mol. The number of phenols is 1. The van der Waals surface area contributed by atoms with Crippen LogP contribution in [0.25, 0.3) is 0 Å². The Bertz CT molecular complexity index is 317. The van der Waals surface area contributed by atoms with Gasteiger partial charge < -0.3 is 14.7 Å². The van der Waals surface area contributed by atoms with Crippen molar-refractivity contribution in [2.24, 2.45) is 0 Å². The number of hydroxylamine groups is 1. The van der Waals surface area contributed by atoms with Crippen LogP contribution in [0.5, 0.6) is 11.5 Å². The van der Waals surface area contributed by atoms with Crippen molar-refractivity contribution >= 4 is 15.9 Å². The maximum Gasteiger partial charge on any atom is 0.136 e. The molecular weight excluding hydrogens is 250 g/mol. The third kappa shape index (κ3) is 2.60. The van der Waals surface area contributed by atoms with Gasteiger partial charge >= 0.3 is 0 Å². The van der Waals surface area contributed by atoms with Crippen LogP contribution < -0.4 is 10.2 Å². The number of methoxy groups -OCH3 is 1. The van der Waals surface area contributed by atoms with Gasteiger partial charge in [-0.15, -0.1) is 0 Å². The van der Waals surface area contributed by atoms with Crippen LogP contribution in [-0.4, -0.2) is 19.3 Å². The van der Waals surface area contributed by atoms with Gasteiger partial charge in [-0.1, -0.05) is 0 Å². The van der Waals surface area contributed by atoms with Crippen LogP contribution in [0.2, 0.25) is 0 Å². The lowest BCUT2D eigenvalue weighted by molar-refractivity contribution is 0.0861. The Morgan fingerprint density at radius 3 is 2.71 bits per heavy atom. The third-order valence-corrected chi connectivity index (χ3v) is 2.38. The highest BCUT2D eigenvalue weighted by atomic mass is 79.9. The number of benzene rings is 1. The van der Waals surface area contributed by atoms with Gasteiger partial charge in [0.1, 0.15) is 11.5 Å². The van der Waals surface area contributed by atoms with E-state index in [4.69, 9.17) is 4.74 Å². The summed E-state index contributed by atoms with van der Waals surface area (Å²) in [7, 11) is 3.07. The van der Waals surface area contributed by atoms with Gasteiger partial charge in [-0.05, 0) is 22.0 Å². The number of aromatic hydroxyl groups is 1. The van der Waals surface area contributed by atoms with E-state index in [0.29, 0.717) is 12.3 Å². The number of halogens is 1. The highest BCUT2D eigenvalue weighted by molar-refractivity contribution is 9.10. The van der Waals surface area contributed by atoms with E-state index in [1.54, 1.807) is 19.2 Å². The Kier molecular flexibility index (Phi) is 4.19. The minimum atomic E-state index is 0.176. The lowest BCUT2D eigenvalue weighted by atomic mass is 10.2. The van der Waals surface area contributed by atoms with Crippen LogP contribution in [0.4, 0.5) is 0 Å². The van der Waals surface area contributed by atoms with Crippen LogP contribution in [0.3, 0.4) is 0 Å². The summed E-state index contributed by atoms with van der Waals surface area (Å²) in [5.74, 6) is 0.776. The summed E-state index contributed by atoms with van der Waals surface area (Å²) in [4.78, 5) is 4.69. The molecule has 0 aliphatic carbocycles. The van der Waals surface area contributed by atoms with E-state index in [2.05, 4.69) is 26.2 Å². The number of hydrogen-bond donors (Lipinski definition) is 2. The second kappa shape index (κ2) is 5.19. The summed E-state index contributed by atoms with van der Waals surface area (Å²) >= 11 is 3.33. The van der Waals surface area contributed by atoms with Gasteiger partial charge in [0, 0.05) is 18.2 Å². The maximum absolute atomic E-state index is 9.58. The Labute approximate surface area is 90.9 Å². The monoisotopic (exact) mass is 261 g/mol. The molecule has 2 N–H and O–H groups in total. The van der Waals surface area contributed by atoms with Crippen LogP contribution in [0.15, 0.2) is 16.6 Å². The molecule has 0 unspecified atom stereocenters. The van der Waals surface area contributed by atoms with Crippen molar-refractivity contribution in [3.63, 3.8) is 0 Å². The van der Waals surface area contributed by atoms with E-state index in [9.17, 15) is 5.11 Å². The van der Waals surface area contributed by atoms with Crippen LogP contribution in [0.1, 0.15) is 5.56 Å². The first-order valence-electron chi connectivity index (χ1n) is 4.00. The summed E-state index contributed by atoms with van der Waals surface area (Å²) in [5.41, 5.74) is 3.38. The molecule has 1 aromatic carbocycles. The summed E-state index contributed by atoms with van der Waals surface area (Å²) in [6.07, 6.45) is 0. The normalized spacial score (nSPS) is 10.2. The van der Waals surface area contributed by atoms with Crippen molar-refractivity contribution in [3.8, 4) is 11.5 Å². The van der Waals surface area contributed by atoms with Crippen LogP contribution in [-0.2, 0) is 11.4 Å². The van der Waals surface area contributed by atoms with Gasteiger partial charge in [0.05, 0.1) is 18.7 Å². The Morgan fingerprint density at radius 1 is 1.43 bits per heavy atom. The van der Waals surface area contributed by atoms with Gasteiger partial charge in [-0.3, -0.25) is 0 Å². The quantitative estimate of drug-likeness (QED) is 0.812. The van der Waals surface area contributed by atoms with Gasteiger partial charge in [0.25, 0.3) is 0 Å². The number of rotatable bonds is 4. The van der Waals surface area contributed by atoms with Gasteiger partial charge in [-0.25, -0.2) is 0 Å². The van der Waals surface area contributed by atoms with E-state index >= 15 is 0 Å². The summed E-state index contributed by atoms with van der Waals surface area (Å²) in [6, 6.07) is 3.33. The second-order valence-corrected chi connectivity index (χ2v) is 3.50. The smallest absolute Gasteiger partial charge is 0.136 e. The van der Waals surface area contributed by atoms with E-state index < -0.39 is 0 Å². The first kappa shape index (κ1) is 11.3. The van der Waals surface area contributed by atoms with Crippen LogP contribution in [0, 0.1) is 0 Å². The van der Waals surface area contributed by atoms with E-state index in [1.165, 1.54) is 7.11 Å². The van der Waals surface area contributed by atoms with Crippen molar-refractivity contribution in [1.82, 2.24) is 5.48 Å². The molecule has 0 fully saturated rings. The number of hydrogen-bond acceptors (Lipinski definition) is 4. The fourth-order valence-electron chi connectivity index (χ4n) is 1.03. The standard InChI is InChI=1S/C9H12BrNO3/c1-13-9-4-8(12)6(3-7(9)10)5-11-14-2/h3-4,11-12H,5H2,1-2H3. The SMILES string of the molecule is CONCc1cc(Br)c(OC)cc1O. The molecule has 0 amide bonds. The minimum absolute atomic E-state index is 0.176. The Hall–Kier alpha value is -0.780. The lowest BCUT2D eigenvalue weighted by Gasteiger charge is -2.09. The topological polar surface area (TPSA) is 50.7 Å². The molecule has 0 radical (unpaired) electrons. The molecule has 0 saturated heterocycles. The fourth-order valence-corrected chi connectivity index (χ4v) is 1.58. The summed E-state index contributed by atoms with van der Waals surface area (Å²) < 4.78 is 5.82. The van der Waals surface area contributed by atoms with Crippen molar-refractivity contribution in [3.05, 3.63) is 22.2 Å². The van der Waals surface area contributed by atoms with Crippen molar-refractivity contribution in [1.29, 1.82) is 0 Å². The first-order chi connectivity index (χ1) is 6.69. The van der Waals surface area contributed by atoms with Crippen molar-refractivity contribution in [2.45, 2.75) is 6.54 Å². The van der Waals surface area contributed by atoms with E-state index in [1.807, 2.05) is 0 Å². The molecular formula is C9H12BrNO3. The average Bonchev–Trinajstić information content (AvgIpc) is 2.18. The molecule has 5 heteroatoms. The number of phenolic OH excluding ortho intramolecular Hbond substituents is 1. The van der Waals surface area contributed by atoms with Crippen LogP contribution >= 0.6 is 15.9 Å². The third-order valence-electron chi connectivity index (χ3n) is 1.76. The first-order valence-corrected chi connectivity index (χ1v) is 4.79. The summed E-state index contributed by atoms with van der Waals surface area (Å²) in [6.45, 7) is 0.435. The zero-order valence-corrected chi connectivity index (χ0v) is 9.59. The molecule has 0 atom stereocenters. The molecule has 0 aliphatic heterocycles. The predicted molar refractivity (Wildman–Crippen MR) is 56.2 cm³/mol. The van der Waals surface area contributed by atoms with E-state index in [-0.39, 0.29) is 5.75 Å². The molecule has 0 bridgehead atoms. The van der Waals surface area contributed by atoms with Gasteiger partial charge in [-0.2, -0.15) is 5.48 Å². The zero-order chi connectivity index (χ0) is 10.6. The molecule has 0 saturated carbocycles.